The molecule has 2 aromatic heterocycles. The number of aliphatic carboxylic acids is 1. The molecule has 2 rings (SSSR count). The number of hydrogen-bond donors (Lipinski definition) is 1. The lowest BCUT2D eigenvalue weighted by Crippen LogP contribution is -1.99. The molecular formula is C9H8ClN3O2. The highest BCUT2D eigenvalue weighted by atomic mass is 35.5. The van der Waals surface area contributed by atoms with Gasteiger partial charge < -0.3 is 5.11 Å². The average Bonchev–Trinajstić information content (AvgIpc) is 2.45. The highest BCUT2D eigenvalue weighted by molar-refractivity contribution is 6.29. The molecule has 0 amide bonds. The molecule has 78 valence electrons. The molecule has 0 aliphatic rings. The van der Waals surface area contributed by atoms with Gasteiger partial charge in [0, 0.05) is 0 Å². The van der Waals surface area contributed by atoms with Crippen molar-refractivity contribution >= 4 is 23.2 Å². The van der Waals surface area contributed by atoms with E-state index >= 15 is 0 Å². The van der Waals surface area contributed by atoms with Crippen molar-refractivity contribution < 1.29 is 9.90 Å². The van der Waals surface area contributed by atoms with Gasteiger partial charge in [-0.25, -0.2) is 9.50 Å². The minimum absolute atomic E-state index is 0.111. The fourth-order valence-electron chi connectivity index (χ4n) is 1.38. The number of carbonyl (C=O) groups is 1. The zero-order valence-corrected chi connectivity index (χ0v) is 8.69. The van der Waals surface area contributed by atoms with Crippen LogP contribution < -0.4 is 0 Å². The topological polar surface area (TPSA) is 67.5 Å². The number of imidazole rings is 1. The van der Waals surface area contributed by atoms with Gasteiger partial charge in [0.2, 0.25) is 0 Å². The van der Waals surface area contributed by atoms with Crippen LogP contribution in [0.25, 0.3) is 5.65 Å². The summed E-state index contributed by atoms with van der Waals surface area (Å²) in [6.45, 7) is 1.85. The molecule has 1 N–H and O–H groups in total. The third-order valence-corrected chi connectivity index (χ3v) is 2.15. The minimum atomic E-state index is -0.915. The third kappa shape index (κ3) is 1.92. The number of aromatic nitrogens is 3. The number of halogens is 1. The molecule has 0 saturated carbocycles. The summed E-state index contributed by atoms with van der Waals surface area (Å²) in [6, 6.07) is 1.69. The molecule has 0 fully saturated rings. The van der Waals surface area contributed by atoms with Crippen molar-refractivity contribution in [2.24, 2.45) is 0 Å². The summed E-state index contributed by atoms with van der Waals surface area (Å²) >= 11 is 5.76. The molecule has 6 heteroatoms. The fraction of sp³-hybridized carbons (Fsp3) is 0.222. The number of nitrogens with zero attached hydrogens (tertiary/aromatic N) is 3. The van der Waals surface area contributed by atoms with Crippen molar-refractivity contribution in [3.63, 3.8) is 0 Å². The predicted octanol–water partition coefficient (Wildman–Crippen LogP) is 1.32. The van der Waals surface area contributed by atoms with Crippen molar-refractivity contribution in [1.29, 1.82) is 0 Å². The van der Waals surface area contributed by atoms with Crippen LogP contribution in [0.4, 0.5) is 0 Å². The Balaban J connectivity index is 2.55. The van der Waals surface area contributed by atoms with E-state index in [1.807, 2.05) is 6.92 Å². The molecule has 0 spiro atoms. The second-order valence-corrected chi connectivity index (χ2v) is 3.61. The Morgan fingerprint density at radius 2 is 2.40 bits per heavy atom. The van der Waals surface area contributed by atoms with Gasteiger partial charge in [-0.1, -0.05) is 11.6 Å². The summed E-state index contributed by atoms with van der Waals surface area (Å²) in [5.74, 6) is -0.915. The second-order valence-electron chi connectivity index (χ2n) is 3.22. The Morgan fingerprint density at radius 1 is 1.67 bits per heavy atom. The molecule has 15 heavy (non-hydrogen) atoms. The smallest absolute Gasteiger partial charge is 0.309 e. The average molecular weight is 226 g/mol. The lowest BCUT2D eigenvalue weighted by atomic mass is 10.3. The lowest BCUT2D eigenvalue weighted by Gasteiger charge is -1.96. The fourth-order valence-corrected chi connectivity index (χ4v) is 1.62. The predicted molar refractivity (Wildman–Crippen MR) is 54.1 cm³/mol. The van der Waals surface area contributed by atoms with Crippen molar-refractivity contribution in [3.05, 3.63) is 28.7 Å². The van der Waals surface area contributed by atoms with Crippen LogP contribution in [0.5, 0.6) is 0 Å². The van der Waals surface area contributed by atoms with Crippen LogP contribution >= 0.6 is 11.6 Å². The van der Waals surface area contributed by atoms with E-state index in [2.05, 4.69) is 10.1 Å². The molecule has 0 radical (unpaired) electrons. The normalized spacial score (nSPS) is 10.8. The Bertz CT molecular complexity index is 535. The monoisotopic (exact) mass is 225 g/mol. The first-order valence-corrected chi connectivity index (χ1v) is 4.67. The molecular weight excluding hydrogens is 218 g/mol. The van der Waals surface area contributed by atoms with Gasteiger partial charge in [-0.15, -0.1) is 0 Å². The maximum atomic E-state index is 10.5. The van der Waals surface area contributed by atoms with Crippen LogP contribution in [0, 0.1) is 6.92 Å². The molecule has 0 aromatic carbocycles. The van der Waals surface area contributed by atoms with E-state index < -0.39 is 5.97 Å². The van der Waals surface area contributed by atoms with Gasteiger partial charge in [-0.05, 0) is 18.6 Å². The summed E-state index contributed by atoms with van der Waals surface area (Å²) in [7, 11) is 0. The summed E-state index contributed by atoms with van der Waals surface area (Å²) in [4.78, 5) is 14.7. The Labute approximate surface area is 90.3 Å². The van der Waals surface area contributed by atoms with E-state index in [4.69, 9.17) is 16.7 Å². The maximum absolute atomic E-state index is 10.5. The molecule has 0 aliphatic carbocycles. The van der Waals surface area contributed by atoms with Gasteiger partial charge in [0.05, 0.1) is 18.3 Å². The van der Waals surface area contributed by atoms with E-state index in [-0.39, 0.29) is 6.42 Å². The Hall–Kier alpha value is -1.62. The van der Waals surface area contributed by atoms with Crippen LogP contribution in [0.3, 0.4) is 0 Å². The molecule has 0 aliphatic heterocycles. The summed E-state index contributed by atoms with van der Waals surface area (Å²) in [5, 5.41) is 13.0. The molecule has 0 unspecified atom stereocenters. The van der Waals surface area contributed by atoms with Gasteiger partial charge >= 0.3 is 5.97 Å². The first-order valence-electron chi connectivity index (χ1n) is 4.29. The van der Waals surface area contributed by atoms with Gasteiger partial charge in [0.25, 0.3) is 0 Å². The van der Waals surface area contributed by atoms with Crippen LogP contribution in [0.15, 0.2) is 12.3 Å². The summed E-state index contributed by atoms with van der Waals surface area (Å²) in [6.07, 6.45) is 1.46. The van der Waals surface area contributed by atoms with Gasteiger partial charge in [0.15, 0.2) is 5.65 Å². The first kappa shape index (κ1) is 9.92. The first-order chi connectivity index (χ1) is 7.06. The third-order valence-electron chi connectivity index (χ3n) is 1.96. The van der Waals surface area contributed by atoms with Crippen molar-refractivity contribution in [1.82, 2.24) is 14.6 Å². The highest BCUT2D eigenvalue weighted by Gasteiger charge is 2.09. The Morgan fingerprint density at radius 3 is 3.07 bits per heavy atom. The van der Waals surface area contributed by atoms with Crippen molar-refractivity contribution in [2.45, 2.75) is 13.3 Å². The highest BCUT2D eigenvalue weighted by Crippen LogP contribution is 2.13. The van der Waals surface area contributed by atoms with E-state index in [1.165, 1.54) is 4.52 Å². The lowest BCUT2D eigenvalue weighted by molar-refractivity contribution is -0.136. The molecule has 5 nitrogen and oxygen atoms in total. The van der Waals surface area contributed by atoms with Crippen LogP contribution in [0.1, 0.15) is 11.3 Å². The summed E-state index contributed by atoms with van der Waals surface area (Å²) < 4.78 is 1.50. The van der Waals surface area contributed by atoms with E-state index in [9.17, 15) is 4.79 Å². The van der Waals surface area contributed by atoms with Crippen molar-refractivity contribution in [2.75, 3.05) is 0 Å². The molecule has 0 saturated heterocycles. The number of aryl methyl sites for hydroxylation is 1. The van der Waals surface area contributed by atoms with Crippen LogP contribution in [-0.4, -0.2) is 25.7 Å². The molecule has 2 aromatic rings. The number of rotatable bonds is 2. The zero-order valence-electron chi connectivity index (χ0n) is 7.94. The van der Waals surface area contributed by atoms with Gasteiger partial charge in [0.1, 0.15) is 5.15 Å². The van der Waals surface area contributed by atoms with E-state index in [0.29, 0.717) is 16.5 Å². The summed E-state index contributed by atoms with van der Waals surface area (Å²) in [5.41, 5.74) is 1.97. The quantitative estimate of drug-likeness (QED) is 0.837. The van der Waals surface area contributed by atoms with Gasteiger partial charge in [-0.3, -0.25) is 4.79 Å². The molecule has 2 heterocycles. The maximum Gasteiger partial charge on any atom is 0.309 e. The molecule has 0 atom stereocenters. The van der Waals surface area contributed by atoms with E-state index in [1.54, 1.807) is 12.3 Å². The molecule has 0 bridgehead atoms. The van der Waals surface area contributed by atoms with Crippen LogP contribution in [0.2, 0.25) is 5.15 Å². The zero-order chi connectivity index (χ0) is 11.0. The SMILES string of the molecule is Cc1cc(Cl)nn2cc(CC(=O)O)nc12. The standard InChI is InChI=1S/C9H8ClN3O2/c1-5-2-7(10)12-13-4-6(3-8(14)15)11-9(5)13/h2,4H,3H2,1H3,(H,14,15). The minimum Gasteiger partial charge on any atom is -0.481 e. The second kappa shape index (κ2) is 3.51. The van der Waals surface area contributed by atoms with Crippen LogP contribution in [-0.2, 0) is 11.2 Å². The number of fused-ring (bicyclic) bond motifs is 1. The van der Waals surface area contributed by atoms with E-state index in [0.717, 1.165) is 5.56 Å². The Kier molecular flexibility index (Phi) is 2.32. The number of carboxylic acid groups (broad SMARTS) is 1. The van der Waals surface area contributed by atoms with Crippen molar-refractivity contribution in [3.8, 4) is 0 Å². The number of hydrogen-bond acceptors (Lipinski definition) is 3. The van der Waals surface area contributed by atoms with Gasteiger partial charge in [-0.2, -0.15) is 5.10 Å². The number of carboxylic acids is 1. The largest absolute Gasteiger partial charge is 0.481 e.